The van der Waals surface area contributed by atoms with Crippen LogP contribution in [-0.4, -0.2) is 31.3 Å². The van der Waals surface area contributed by atoms with Gasteiger partial charge in [0.25, 0.3) is 0 Å². The molecule has 0 aliphatic rings. The molecule has 0 aromatic heterocycles. The zero-order valence-corrected chi connectivity index (χ0v) is 10.8. The average molecular weight is 264 g/mol. The number of benzene rings is 1. The Bertz CT molecular complexity index is 482. The summed E-state index contributed by atoms with van der Waals surface area (Å²) < 4.78 is 5.03. The number of hydrogen-bond donors (Lipinski definition) is 2. The summed E-state index contributed by atoms with van der Waals surface area (Å²) in [4.78, 5) is 14.1. The van der Waals surface area contributed by atoms with Crippen LogP contribution in [0.25, 0.3) is 10.4 Å². The van der Waals surface area contributed by atoms with E-state index < -0.39 is 11.5 Å². The first-order chi connectivity index (χ1) is 9.04. The third-order valence-corrected chi connectivity index (χ3v) is 2.85. The summed E-state index contributed by atoms with van der Waals surface area (Å²) in [7, 11) is 1.55. The summed E-state index contributed by atoms with van der Waals surface area (Å²) in [5.74, 6) is -0.343. The van der Waals surface area contributed by atoms with E-state index in [9.17, 15) is 9.90 Å². The first kappa shape index (κ1) is 14.8. The summed E-state index contributed by atoms with van der Waals surface area (Å²) in [6.45, 7) is 2.03. The monoisotopic (exact) mass is 264 g/mol. The highest BCUT2D eigenvalue weighted by molar-refractivity contribution is 5.80. The molecule has 102 valence electrons. The minimum Gasteiger partial charge on any atom is -0.497 e. The van der Waals surface area contributed by atoms with E-state index >= 15 is 0 Å². The Labute approximate surface area is 110 Å². The van der Waals surface area contributed by atoms with Crippen LogP contribution in [0, 0.1) is 0 Å². The zero-order chi connectivity index (χ0) is 14.3. The van der Waals surface area contributed by atoms with Gasteiger partial charge < -0.3 is 9.84 Å². The van der Waals surface area contributed by atoms with Gasteiger partial charge in [-0.3, -0.25) is 5.32 Å². The highest BCUT2D eigenvalue weighted by Gasteiger charge is 2.34. The summed E-state index contributed by atoms with van der Waals surface area (Å²) in [6, 6.07) is 6.78. The van der Waals surface area contributed by atoms with Crippen molar-refractivity contribution in [1.29, 1.82) is 0 Å². The quantitative estimate of drug-likeness (QED) is 0.339. The highest BCUT2D eigenvalue weighted by atomic mass is 16.5. The van der Waals surface area contributed by atoms with Crippen LogP contribution >= 0.6 is 0 Å². The van der Waals surface area contributed by atoms with Gasteiger partial charge in [0.1, 0.15) is 11.3 Å². The molecular weight excluding hydrogens is 248 g/mol. The Hall–Kier alpha value is -2.24. The summed E-state index contributed by atoms with van der Waals surface area (Å²) in [5, 5.41) is 15.6. The van der Waals surface area contributed by atoms with Gasteiger partial charge in [0.05, 0.1) is 7.11 Å². The molecule has 7 nitrogen and oxygen atoms in total. The lowest BCUT2D eigenvalue weighted by Crippen LogP contribution is -2.47. The lowest BCUT2D eigenvalue weighted by molar-refractivity contribution is -0.144. The van der Waals surface area contributed by atoms with Crippen molar-refractivity contribution in [3.63, 3.8) is 0 Å². The Morgan fingerprint density at radius 2 is 2.16 bits per heavy atom. The highest BCUT2D eigenvalue weighted by Crippen LogP contribution is 2.23. The lowest BCUT2D eigenvalue weighted by Gasteiger charge is -2.26. The molecule has 1 aromatic rings. The van der Waals surface area contributed by atoms with E-state index in [1.54, 1.807) is 38.3 Å². The van der Waals surface area contributed by atoms with E-state index in [1.165, 1.54) is 0 Å². The molecule has 1 aromatic carbocycles. The van der Waals surface area contributed by atoms with E-state index in [-0.39, 0.29) is 13.1 Å². The van der Waals surface area contributed by atoms with Crippen molar-refractivity contribution in [1.82, 2.24) is 5.32 Å². The number of azide groups is 1. The van der Waals surface area contributed by atoms with E-state index in [0.717, 1.165) is 0 Å². The normalized spacial score (nSPS) is 13.2. The molecule has 0 fully saturated rings. The number of rotatable bonds is 7. The van der Waals surface area contributed by atoms with Gasteiger partial charge in [0.2, 0.25) is 0 Å². The Morgan fingerprint density at radius 3 is 2.63 bits per heavy atom. The topological polar surface area (TPSA) is 107 Å². The number of nitrogens with zero attached hydrogens (tertiary/aromatic N) is 3. The molecule has 0 aliphatic carbocycles. The molecule has 0 saturated carbocycles. The number of carboxylic acids is 1. The van der Waals surface area contributed by atoms with Gasteiger partial charge in [-0.15, -0.1) is 0 Å². The van der Waals surface area contributed by atoms with Gasteiger partial charge in [0.15, 0.2) is 0 Å². The summed E-state index contributed by atoms with van der Waals surface area (Å²) in [5.41, 5.74) is 7.54. The molecule has 1 atom stereocenters. The molecule has 2 N–H and O–H groups in total. The maximum atomic E-state index is 11.4. The molecule has 0 radical (unpaired) electrons. The predicted octanol–water partition coefficient (Wildman–Crippen LogP) is 1.89. The molecule has 0 saturated heterocycles. The Balaban J connectivity index is 2.90. The van der Waals surface area contributed by atoms with E-state index in [0.29, 0.717) is 11.3 Å². The molecule has 0 amide bonds. The van der Waals surface area contributed by atoms with Crippen LogP contribution in [0.2, 0.25) is 0 Å². The van der Waals surface area contributed by atoms with E-state index in [1.807, 2.05) is 0 Å². The van der Waals surface area contributed by atoms with Crippen LogP contribution in [0.5, 0.6) is 5.75 Å². The number of hydrogen-bond acceptors (Lipinski definition) is 4. The number of ether oxygens (including phenoxy) is 1. The van der Waals surface area contributed by atoms with E-state index in [4.69, 9.17) is 10.3 Å². The van der Waals surface area contributed by atoms with Crippen LogP contribution in [0.15, 0.2) is 29.4 Å². The standard InChI is InChI=1S/C12H16N4O3/c1-12(11(17)18,14-7-8-15-16-13)9-3-5-10(19-2)6-4-9/h3-6,14H,7-8H2,1-2H3,(H,17,18). The van der Waals surface area contributed by atoms with Crippen molar-refractivity contribution in [2.45, 2.75) is 12.5 Å². The molecule has 7 heteroatoms. The number of aliphatic carboxylic acids is 1. The van der Waals surface area contributed by atoms with Crippen LogP contribution in [-0.2, 0) is 10.3 Å². The van der Waals surface area contributed by atoms with Gasteiger partial charge in [-0.25, -0.2) is 4.79 Å². The van der Waals surface area contributed by atoms with Crippen LogP contribution in [0.3, 0.4) is 0 Å². The number of nitrogens with one attached hydrogen (secondary N) is 1. The molecule has 1 rings (SSSR count). The Kier molecular flexibility index (Phi) is 5.17. The van der Waals surface area contributed by atoms with Gasteiger partial charge in [0, 0.05) is 18.0 Å². The first-order valence-electron chi connectivity index (χ1n) is 5.68. The van der Waals surface area contributed by atoms with Crippen molar-refractivity contribution in [2.75, 3.05) is 20.2 Å². The predicted molar refractivity (Wildman–Crippen MR) is 70.0 cm³/mol. The van der Waals surface area contributed by atoms with Gasteiger partial charge in [-0.1, -0.05) is 17.2 Å². The maximum Gasteiger partial charge on any atom is 0.328 e. The molecule has 0 heterocycles. The van der Waals surface area contributed by atoms with Gasteiger partial charge in [-0.2, -0.15) is 0 Å². The second kappa shape index (κ2) is 6.63. The first-order valence-corrected chi connectivity index (χ1v) is 5.68. The van der Waals surface area contributed by atoms with Gasteiger partial charge >= 0.3 is 5.97 Å². The second-order valence-corrected chi connectivity index (χ2v) is 4.04. The molecule has 0 aliphatic heterocycles. The largest absolute Gasteiger partial charge is 0.497 e. The summed E-state index contributed by atoms with van der Waals surface area (Å²) >= 11 is 0. The Morgan fingerprint density at radius 1 is 1.53 bits per heavy atom. The average Bonchev–Trinajstić information content (AvgIpc) is 2.43. The lowest BCUT2D eigenvalue weighted by atomic mass is 9.92. The molecule has 0 bridgehead atoms. The minimum atomic E-state index is -1.24. The molecule has 1 unspecified atom stereocenters. The summed E-state index contributed by atoms with van der Waals surface area (Å²) in [6.07, 6.45) is 0. The van der Waals surface area contributed by atoms with Crippen LogP contribution in [0.4, 0.5) is 0 Å². The smallest absolute Gasteiger partial charge is 0.328 e. The van der Waals surface area contributed by atoms with Crippen LogP contribution in [0.1, 0.15) is 12.5 Å². The molecule has 0 spiro atoms. The third kappa shape index (κ3) is 3.61. The zero-order valence-electron chi connectivity index (χ0n) is 10.8. The van der Waals surface area contributed by atoms with Gasteiger partial charge in [-0.05, 0) is 30.2 Å². The fraction of sp³-hybridized carbons (Fsp3) is 0.417. The number of carboxylic acid groups (broad SMARTS) is 1. The third-order valence-electron chi connectivity index (χ3n) is 2.85. The maximum absolute atomic E-state index is 11.4. The van der Waals surface area contributed by atoms with Crippen LogP contribution < -0.4 is 10.1 Å². The minimum absolute atomic E-state index is 0.190. The van der Waals surface area contributed by atoms with Crippen molar-refractivity contribution in [3.8, 4) is 5.75 Å². The van der Waals surface area contributed by atoms with Crippen molar-refractivity contribution in [2.24, 2.45) is 5.11 Å². The molecule has 19 heavy (non-hydrogen) atoms. The fourth-order valence-electron chi connectivity index (χ4n) is 1.63. The SMILES string of the molecule is COc1ccc(C(C)(NCCN=[N+]=[N-])C(=O)O)cc1. The second-order valence-electron chi connectivity index (χ2n) is 4.04. The van der Waals surface area contributed by atoms with Crippen molar-refractivity contribution in [3.05, 3.63) is 40.3 Å². The number of methoxy groups -OCH3 is 1. The number of carbonyl (C=O) groups is 1. The van der Waals surface area contributed by atoms with E-state index in [2.05, 4.69) is 15.3 Å². The van der Waals surface area contributed by atoms with Crippen molar-refractivity contribution >= 4 is 5.97 Å². The van der Waals surface area contributed by atoms with Crippen molar-refractivity contribution < 1.29 is 14.6 Å². The fourth-order valence-corrected chi connectivity index (χ4v) is 1.63. The molecular formula is C12H16N4O3.